The summed E-state index contributed by atoms with van der Waals surface area (Å²) in [7, 11) is 3.94. The van der Waals surface area contributed by atoms with E-state index < -0.39 is 0 Å². The number of fused-ring (bicyclic) bond motifs is 1. The molecule has 130 valence electrons. The quantitative estimate of drug-likeness (QED) is 0.707. The van der Waals surface area contributed by atoms with Crippen molar-refractivity contribution in [2.24, 2.45) is 13.0 Å². The summed E-state index contributed by atoms with van der Waals surface area (Å²) >= 11 is 0. The summed E-state index contributed by atoms with van der Waals surface area (Å²) in [5.41, 5.74) is 2.60. The number of hydrogen-bond donors (Lipinski definition) is 0. The van der Waals surface area contributed by atoms with E-state index in [1.165, 1.54) is 12.8 Å². The Labute approximate surface area is 146 Å². The van der Waals surface area contributed by atoms with Crippen molar-refractivity contribution in [3.05, 3.63) is 29.2 Å². The summed E-state index contributed by atoms with van der Waals surface area (Å²) in [6.45, 7) is 4.92. The van der Waals surface area contributed by atoms with Crippen LogP contribution in [0.2, 0.25) is 0 Å². The van der Waals surface area contributed by atoms with Gasteiger partial charge in [-0.15, -0.1) is 10.2 Å². The monoisotopic (exact) mass is 338 g/mol. The van der Waals surface area contributed by atoms with Crippen LogP contribution in [0.1, 0.15) is 35.9 Å². The number of rotatable bonds is 5. The zero-order chi connectivity index (χ0) is 17.6. The van der Waals surface area contributed by atoms with E-state index in [0.29, 0.717) is 5.82 Å². The Morgan fingerprint density at radius 2 is 2.00 bits per heavy atom. The van der Waals surface area contributed by atoms with Gasteiger partial charge in [-0.25, -0.2) is 14.2 Å². The van der Waals surface area contributed by atoms with Crippen molar-refractivity contribution < 1.29 is 0 Å². The second-order valence-electron chi connectivity index (χ2n) is 6.74. The minimum Gasteiger partial charge on any atom is -0.342 e. The van der Waals surface area contributed by atoms with E-state index in [1.54, 1.807) is 10.9 Å². The first-order chi connectivity index (χ1) is 12.0. The maximum Gasteiger partial charge on any atom is 0.244 e. The van der Waals surface area contributed by atoms with Crippen molar-refractivity contribution in [2.45, 2.75) is 26.7 Å². The maximum atomic E-state index is 4.61. The molecule has 0 aromatic carbocycles. The van der Waals surface area contributed by atoms with Crippen LogP contribution >= 0.6 is 0 Å². The van der Waals surface area contributed by atoms with Gasteiger partial charge in [-0.1, -0.05) is 0 Å². The third-order valence-corrected chi connectivity index (χ3v) is 4.46. The van der Waals surface area contributed by atoms with Gasteiger partial charge in [-0.3, -0.25) is 4.98 Å². The van der Waals surface area contributed by atoms with Crippen LogP contribution < -0.4 is 4.90 Å². The molecule has 3 aromatic rings. The highest BCUT2D eigenvalue weighted by molar-refractivity contribution is 5.65. The molecule has 1 aliphatic carbocycles. The molecule has 0 saturated heterocycles. The van der Waals surface area contributed by atoms with Crippen LogP contribution in [0.4, 0.5) is 5.95 Å². The van der Waals surface area contributed by atoms with Crippen LogP contribution in [-0.2, 0) is 7.05 Å². The fourth-order valence-corrected chi connectivity index (χ4v) is 2.79. The number of anilines is 1. The minimum atomic E-state index is 0.634. The predicted molar refractivity (Wildman–Crippen MR) is 96.2 cm³/mol. The summed E-state index contributed by atoms with van der Waals surface area (Å²) in [5, 5.41) is 9.02. The molecule has 0 spiro atoms. The highest BCUT2D eigenvalue weighted by atomic mass is 15.4. The largest absolute Gasteiger partial charge is 0.342 e. The summed E-state index contributed by atoms with van der Waals surface area (Å²) in [5.74, 6) is 2.97. The Balaban J connectivity index is 1.58. The molecule has 0 bridgehead atoms. The Kier molecular flexibility index (Phi) is 3.74. The van der Waals surface area contributed by atoms with Crippen LogP contribution in [0.5, 0.6) is 0 Å². The van der Waals surface area contributed by atoms with Crippen LogP contribution in [0.3, 0.4) is 0 Å². The summed E-state index contributed by atoms with van der Waals surface area (Å²) in [6, 6.07) is 0. The lowest BCUT2D eigenvalue weighted by Crippen LogP contribution is -2.21. The lowest BCUT2D eigenvalue weighted by atomic mass is 10.4. The van der Waals surface area contributed by atoms with E-state index in [0.717, 1.165) is 41.3 Å². The molecule has 3 aromatic heterocycles. The molecule has 0 radical (unpaired) electrons. The molecule has 8 nitrogen and oxygen atoms in total. The molecule has 0 aliphatic heterocycles. The zero-order valence-corrected chi connectivity index (χ0v) is 15.0. The van der Waals surface area contributed by atoms with Crippen molar-refractivity contribution in [1.82, 2.24) is 34.3 Å². The Morgan fingerprint density at radius 1 is 1.20 bits per heavy atom. The normalized spacial score (nSPS) is 14.7. The third kappa shape index (κ3) is 3.11. The predicted octanol–water partition coefficient (Wildman–Crippen LogP) is 1.89. The van der Waals surface area contributed by atoms with Gasteiger partial charge in [-0.2, -0.15) is 4.98 Å². The average molecular weight is 338 g/mol. The van der Waals surface area contributed by atoms with Gasteiger partial charge in [0, 0.05) is 26.8 Å². The lowest BCUT2D eigenvalue weighted by Gasteiger charge is -2.13. The molecule has 4 rings (SSSR count). The third-order valence-electron chi connectivity index (χ3n) is 4.46. The van der Waals surface area contributed by atoms with E-state index in [4.69, 9.17) is 0 Å². The maximum absolute atomic E-state index is 4.61. The molecule has 1 fully saturated rings. The van der Waals surface area contributed by atoms with Crippen LogP contribution in [0.15, 0.2) is 6.20 Å². The van der Waals surface area contributed by atoms with Crippen molar-refractivity contribution in [1.29, 1.82) is 0 Å². The van der Waals surface area contributed by atoms with E-state index in [9.17, 15) is 0 Å². The number of nitrogens with zero attached hydrogens (tertiary/aromatic N) is 8. The van der Waals surface area contributed by atoms with Gasteiger partial charge in [0.1, 0.15) is 0 Å². The van der Waals surface area contributed by atoms with Crippen molar-refractivity contribution in [3.8, 4) is 0 Å². The summed E-state index contributed by atoms with van der Waals surface area (Å²) in [4.78, 5) is 15.6. The topological polar surface area (TPSA) is 77.0 Å². The summed E-state index contributed by atoms with van der Waals surface area (Å²) < 4.78 is 3.59. The smallest absolute Gasteiger partial charge is 0.244 e. The zero-order valence-electron chi connectivity index (χ0n) is 15.0. The van der Waals surface area contributed by atoms with Gasteiger partial charge in [0.2, 0.25) is 5.95 Å². The molecule has 8 heteroatoms. The van der Waals surface area contributed by atoms with Crippen molar-refractivity contribution in [3.63, 3.8) is 0 Å². The highest BCUT2D eigenvalue weighted by Crippen LogP contribution is 2.30. The SMILES string of the molecule is Cc1ncc(C)n2nc(C=Cc3nc(N(C)CC4CC4)nn3C)nc12. The first-order valence-corrected chi connectivity index (χ1v) is 8.50. The molecule has 1 saturated carbocycles. The van der Waals surface area contributed by atoms with E-state index in [2.05, 4.69) is 30.0 Å². The average Bonchev–Trinajstić information content (AvgIpc) is 3.15. The van der Waals surface area contributed by atoms with Gasteiger partial charge in [0.05, 0.1) is 11.4 Å². The fourth-order valence-electron chi connectivity index (χ4n) is 2.79. The van der Waals surface area contributed by atoms with Crippen molar-refractivity contribution in [2.75, 3.05) is 18.5 Å². The Hall–Kier alpha value is -2.77. The highest BCUT2D eigenvalue weighted by Gasteiger charge is 2.24. The minimum absolute atomic E-state index is 0.634. The van der Waals surface area contributed by atoms with Gasteiger partial charge in [0.15, 0.2) is 17.3 Å². The molecule has 25 heavy (non-hydrogen) atoms. The molecular formula is C17H22N8. The fraction of sp³-hybridized carbons (Fsp3) is 0.471. The molecule has 0 atom stereocenters. The molecule has 3 heterocycles. The van der Waals surface area contributed by atoms with Crippen molar-refractivity contribution >= 4 is 23.7 Å². The summed E-state index contributed by atoms with van der Waals surface area (Å²) in [6.07, 6.45) is 8.19. The van der Waals surface area contributed by atoms with Crippen LogP contribution in [0.25, 0.3) is 17.8 Å². The first kappa shape index (κ1) is 15.7. The molecule has 0 N–H and O–H groups in total. The number of hydrogen-bond acceptors (Lipinski definition) is 6. The Bertz CT molecular complexity index is 908. The molecular weight excluding hydrogens is 316 g/mol. The van der Waals surface area contributed by atoms with Gasteiger partial charge < -0.3 is 4.90 Å². The molecule has 0 unspecified atom stereocenters. The van der Waals surface area contributed by atoms with Gasteiger partial charge >= 0.3 is 0 Å². The molecule has 1 aliphatic rings. The second-order valence-corrected chi connectivity index (χ2v) is 6.74. The van der Waals surface area contributed by atoms with E-state index in [-0.39, 0.29) is 0 Å². The van der Waals surface area contributed by atoms with E-state index in [1.807, 2.05) is 44.6 Å². The van der Waals surface area contributed by atoms with Crippen LogP contribution in [0, 0.1) is 19.8 Å². The molecule has 0 amide bonds. The Morgan fingerprint density at radius 3 is 2.72 bits per heavy atom. The second kappa shape index (κ2) is 5.94. The van der Waals surface area contributed by atoms with Gasteiger partial charge in [-0.05, 0) is 44.8 Å². The number of aromatic nitrogens is 7. The first-order valence-electron chi connectivity index (χ1n) is 8.50. The number of aryl methyl sites for hydroxylation is 3. The standard InChI is InChI=1S/C17H22N8/c1-11-9-18-12(2)16-19-14(21-25(11)16)7-8-15-20-17(22-24(15)4)23(3)10-13-5-6-13/h7-9,13H,5-6,10H2,1-4H3. The lowest BCUT2D eigenvalue weighted by molar-refractivity contribution is 0.727. The van der Waals surface area contributed by atoms with Crippen LogP contribution in [-0.4, -0.2) is 47.9 Å². The van der Waals surface area contributed by atoms with E-state index >= 15 is 0 Å². The van der Waals surface area contributed by atoms with Gasteiger partial charge in [0.25, 0.3) is 0 Å².